The van der Waals surface area contributed by atoms with Gasteiger partial charge in [0.15, 0.2) is 0 Å². The van der Waals surface area contributed by atoms with E-state index < -0.39 is 5.54 Å². The zero-order valence-corrected chi connectivity index (χ0v) is 16.5. The highest BCUT2D eigenvalue weighted by Crippen LogP contribution is 2.33. The lowest BCUT2D eigenvalue weighted by atomic mass is 9.82. The van der Waals surface area contributed by atoms with Gasteiger partial charge in [0, 0.05) is 24.6 Å². The van der Waals surface area contributed by atoms with Gasteiger partial charge in [-0.05, 0) is 37.0 Å². The molecule has 2 amide bonds. The van der Waals surface area contributed by atoms with Crippen LogP contribution in [-0.4, -0.2) is 28.3 Å². The molecule has 1 saturated carbocycles. The molecule has 1 heterocycles. The number of nitrogens with zero attached hydrogens (tertiary/aromatic N) is 1. The summed E-state index contributed by atoms with van der Waals surface area (Å²) in [5.41, 5.74) is 1.81. The molecule has 4 nitrogen and oxygen atoms in total. The fraction of sp³-hybridized carbons (Fsp3) is 0.417. The van der Waals surface area contributed by atoms with Gasteiger partial charge in [0.1, 0.15) is 5.54 Å². The van der Waals surface area contributed by atoms with Crippen molar-refractivity contribution in [2.24, 2.45) is 0 Å². The zero-order valence-electron chi connectivity index (χ0n) is 16.5. The van der Waals surface area contributed by atoms with Gasteiger partial charge < -0.3 is 10.2 Å². The summed E-state index contributed by atoms with van der Waals surface area (Å²) in [6, 6.07) is 17.8. The Morgan fingerprint density at radius 3 is 2.46 bits per heavy atom. The molecular weight excluding hydrogens is 348 g/mol. The van der Waals surface area contributed by atoms with Gasteiger partial charge in [0.05, 0.1) is 0 Å². The SMILES string of the molecule is C[C@@]1(C(=O)NC2CCCCC2)Cc2ccccc2C(=O)N1Cc1ccccc1. The molecule has 0 saturated heterocycles. The van der Waals surface area contributed by atoms with Crippen LogP contribution in [0.2, 0.25) is 0 Å². The average molecular weight is 377 g/mol. The van der Waals surface area contributed by atoms with Crippen molar-refractivity contribution in [1.82, 2.24) is 10.2 Å². The maximum absolute atomic E-state index is 13.4. The number of hydrogen-bond acceptors (Lipinski definition) is 2. The Balaban J connectivity index is 1.66. The summed E-state index contributed by atoms with van der Waals surface area (Å²) in [6.45, 7) is 2.35. The van der Waals surface area contributed by atoms with Gasteiger partial charge in [-0.3, -0.25) is 9.59 Å². The number of rotatable bonds is 4. The van der Waals surface area contributed by atoms with Crippen molar-refractivity contribution in [3.8, 4) is 0 Å². The van der Waals surface area contributed by atoms with E-state index in [0.717, 1.165) is 36.8 Å². The Morgan fingerprint density at radius 1 is 1.04 bits per heavy atom. The summed E-state index contributed by atoms with van der Waals surface area (Å²) >= 11 is 0. The third-order valence-corrected chi connectivity index (χ3v) is 6.24. The van der Waals surface area contributed by atoms with E-state index in [-0.39, 0.29) is 17.9 Å². The Hall–Kier alpha value is -2.62. The van der Waals surface area contributed by atoms with Gasteiger partial charge >= 0.3 is 0 Å². The minimum atomic E-state index is -0.890. The highest BCUT2D eigenvalue weighted by atomic mass is 16.2. The molecule has 1 fully saturated rings. The first-order valence-electron chi connectivity index (χ1n) is 10.3. The molecule has 1 N–H and O–H groups in total. The van der Waals surface area contributed by atoms with E-state index in [2.05, 4.69) is 5.32 Å². The van der Waals surface area contributed by atoms with Crippen molar-refractivity contribution < 1.29 is 9.59 Å². The van der Waals surface area contributed by atoms with Crippen LogP contribution in [0.15, 0.2) is 54.6 Å². The summed E-state index contributed by atoms with van der Waals surface area (Å²) in [6.07, 6.45) is 6.18. The predicted molar refractivity (Wildman–Crippen MR) is 110 cm³/mol. The second-order valence-electron chi connectivity index (χ2n) is 8.29. The van der Waals surface area contributed by atoms with Crippen LogP contribution in [0.1, 0.15) is 60.5 Å². The number of carbonyl (C=O) groups excluding carboxylic acids is 2. The first-order chi connectivity index (χ1) is 13.6. The molecule has 28 heavy (non-hydrogen) atoms. The molecule has 0 unspecified atom stereocenters. The van der Waals surface area contributed by atoms with Crippen molar-refractivity contribution in [3.05, 3.63) is 71.3 Å². The highest BCUT2D eigenvalue weighted by molar-refractivity contribution is 6.02. The van der Waals surface area contributed by atoms with Crippen molar-refractivity contribution in [3.63, 3.8) is 0 Å². The predicted octanol–water partition coefficient (Wildman–Crippen LogP) is 4.09. The Labute approximate surface area is 166 Å². The topological polar surface area (TPSA) is 49.4 Å². The van der Waals surface area contributed by atoms with E-state index in [1.165, 1.54) is 6.42 Å². The first kappa shape index (κ1) is 18.7. The minimum absolute atomic E-state index is 0.0295. The number of hydrogen-bond donors (Lipinski definition) is 1. The summed E-state index contributed by atoms with van der Waals surface area (Å²) in [7, 11) is 0. The van der Waals surface area contributed by atoms with Crippen LogP contribution < -0.4 is 5.32 Å². The second-order valence-corrected chi connectivity index (χ2v) is 8.29. The Kier molecular flexibility index (Phi) is 5.21. The second kappa shape index (κ2) is 7.78. The van der Waals surface area contributed by atoms with Crippen LogP contribution >= 0.6 is 0 Å². The molecule has 0 aromatic heterocycles. The van der Waals surface area contributed by atoms with Crippen LogP contribution in [-0.2, 0) is 17.8 Å². The zero-order chi connectivity index (χ0) is 19.6. The van der Waals surface area contributed by atoms with Crippen LogP contribution in [0.5, 0.6) is 0 Å². The maximum atomic E-state index is 13.4. The first-order valence-corrected chi connectivity index (χ1v) is 10.3. The number of nitrogens with one attached hydrogen (secondary N) is 1. The fourth-order valence-electron chi connectivity index (χ4n) is 4.52. The molecule has 1 atom stereocenters. The van der Waals surface area contributed by atoms with Gasteiger partial charge in [-0.15, -0.1) is 0 Å². The maximum Gasteiger partial charge on any atom is 0.255 e. The van der Waals surface area contributed by atoms with Crippen molar-refractivity contribution in [2.45, 2.75) is 63.6 Å². The highest BCUT2D eigenvalue weighted by Gasteiger charge is 2.47. The lowest BCUT2D eigenvalue weighted by Gasteiger charge is -2.45. The Morgan fingerprint density at radius 2 is 1.71 bits per heavy atom. The molecule has 4 heteroatoms. The van der Waals surface area contributed by atoms with Crippen molar-refractivity contribution in [1.29, 1.82) is 0 Å². The van der Waals surface area contributed by atoms with Crippen LogP contribution in [0.4, 0.5) is 0 Å². The van der Waals surface area contributed by atoms with Gasteiger partial charge in [0.2, 0.25) is 5.91 Å². The summed E-state index contributed by atoms with van der Waals surface area (Å²) < 4.78 is 0. The monoisotopic (exact) mass is 376 g/mol. The van der Waals surface area contributed by atoms with E-state index in [0.29, 0.717) is 18.5 Å². The number of carbonyl (C=O) groups is 2. The van der Waals surface area contributed by atoms with Crippen LogP contribution in [0, 0.1) is 0 Å². The van der Waals surface area contributed by atoms with E-state index in [1.54, 1.807) is 4.90 Å². The van der Waals surface area contributed by atoms with E-state index >= 15 is 0 Å². The number of fused-ring (bicyclic) bond motifs is 1. The summed E-state index contributed by atoms with van der Waals surface area (Å²) in [5.74, 6) is -0.0924. The van der Waals surface area contributed by atoms with E-state index in [1.807, 2.05) is 61.5 Å². The van der Waals surface area contributed by atoms with Gasteiger partial charge in [0.25, 0.3) is 5.91 Å². The fourth-order valence-corrected chi connectivity index (χ4v) is 4.52. The molecule has 2 aliphatic rings. The molecule has 146 valence electrons. The lowest BCUT2D eigenvalue weighted by Crippen LogP contribution is -2.63. The molecule has 0 bridgehead atoms. The summed E-state index contributed by atoms with van der Waals surface area (Å²) in [4.78, 5) is 28.6. The largest absolute Gasteiger partial charge is 0.351 e. The van der Waals surface area contributed by atoms with Crippen molar-refractivity contribution in [2.75, 3.05) is 0 Å². The molecule has 1 aliphatic heterocycles. The molecule has 1 aliphatic carbocycles. The third kappa shape index (κ3) is 3.56. The average Bonchev–Trinajstić information content (AvgIpc) is 2.72. The number of amides is 2. The molecular formula is C24H28N2O2. The van der Waals surface area contributed by atoms with Gasteiger partial charge in [-0.1, -0.05) is 67.8 Å². The summed E-state index contributed by atoms with van der Waals surface area (Å²) in [5, 5.41) is 3.26. The number of benzene rings is 2. The standard InChI is InChI=1S/C24H28N2O2/c1-24(23(28)25-20-13-6-3-7-14-20)16-19-12-8-9-15-21(19)22(27)26(24)17-18-10-4-2-5-11-18/h2,4-5,8-12,15,20H,3,6-7,13-14,16-17H2,1H3,(H,25,28)/t24-/m0/s1. The quantitative estimate of drug-likeness (QED) is 0.874. The van der Waals surface area contributed by atoms with Gasteiger partial charge in [-0.25, -0.2) is 0 Å². The normalized spacial score (nSPS) is 22.6. The molecule has 2 aromatic rings. The van der Waals surface area contributed by atoms with Gasteiger partial charge in [-0.2, -0.15) is 0 Å². The van der Waals surface area contributed by atoms with Crippen molar-refractivity contribution >= 4 is 11.8 Å². The van der Waals surface area contributed by atoms with Crippen LogP contribution in [0.3, 0.4) is 0 Å². The van der Waals surface area contributed by atoms with E-state index in [9.17, 15) is 9.59 Å². The molecule has 2 aromatic carbocycles. The van der Waals surface area contributed by atoms with E-state index in [4.69, 9.17) is 0 Å². The lowest BCUT2D eigenvalue weighted by molar-refractivity contribution is -0.133. The molecule has 0 radical (unpaired) electrons. The van der Waals surface area contributed by atoms with Crippen LogP contribution in [0.25, 0.3) is 0 Å². The smallest absolute Gasteiger partial charge is 0.255 e. The minimum Gasteiger partial charge on any atom is -0.351 e. The third-order valence-electron chi connectivity index (χ3n) is 6.24. The molecule has 4 rings (SSSR count). The Bertz CT molecular complexity index is 858. The molecule has 0 spiro atoms.